The first-order valence-corrected chi connectivity index (χ1v) is 7.36. The van der Waals surface area contributed by atoms with Crippen molar-refractivity contribution in [3.63, 3.8) is 0 Å². The highest BCUT2D eigenvalue weighted by Gasteiger charge is 1.92. The Balaban J connectivity index is 3.11. The van der Waals surface area contributed by atoms with Crippen LogP contribution < -0.4 is 0 Å². The van der Waals surface area contributed by atoms with Crippen molar-refractivity contribution >= 4 is 5.97 Å². The number of unbranched alkanes of at least 4 members (excludes halogenated alkanes) is 8. The van der Waals surface area contributed by atoms with E-state index in [9.17, 15) is 4.79 Å². The highest BCUT2D eigenvalue weighted by atomic mass is 16.5. The van der Waals surface area contributed by atoms with E-state index in [1.807, 2.05) is 0 Å². The van der Waals surface area contributed by atoms with Gasteiger partial charge in [0, 0.05) is 19.8 Å². The number of carbonyl (C=O) groups excluding carboxylic acids is 1. The molecule has 0 aliphatic heterocycles. The minimum absolute atomic E-state index is 0.183. The van der Waals surface area contributed by atoms with Gasteiger partial charge in [0.1, 0.15) is 0 Å². The molecule has 0 aliphatic carbocycles. The van der Waals surface area contributed by atoms with Crippen LogP contribution in [0.5, 0.6) is 0 Å². The lowest BCUT2D eigenvalue weighted by atomic mass is 10.1. The van der Waals surface area contributed by atoms with Crippen molar-refractivity contribution in [2.24, 2.45) is 0 Å². The zero-order valence-electron chi connectivity index (χ0n) is 12.1. The number of carbonyl (C=O) groups is 1. The van der Waals surface area contributed by atoms with Crippen LogP contribution in [0.4, 0.5) is 0 Å². The lowest BCUT2D eigenvalue weighted by Gasteiger charge is -1.99. The van der Waals surface area contributed by atoms with Crippen LogP contribution in [0.25, 0.3) is 0 Å². The molecule has 2 heteroatoms. The summed E-state index contributed by atoms with van der Waals surface area (Å²) in [6, 6.07) is 0. The Hall–Kier alpha value is -0.970. The van der Waals surface area contributed by atoms with Gasteiger partial charge in [-0.15, -0.1) is 11.8 Å². The van der Waals surface area contributed by atoms with Crippen molar-refractivity contribution in [3.05, 3.63) is 0 Å². The molecule has 0 bridgehead atoms. The molecule has 2 nitrogen and oxygen atoms in total. The fraction of sp³-hybridized carbons (Fsp3) is 0.812. The number of hydrogen-bond acceptors (Lipinski definition) is 2. The molecule has 0 saturated heterocycles. The van der Waals surface area contributed by atoms with Gasteiger partial charge >= 0.3 is 5.97 Å². The molecule has 0 aromatic heterocycles. The van der Waals surface area contributed by atoms with Gasteiger partial charge in [0.05, 0.1) is 6.61 Å². The molecule has 0 fully saturated rings. The quantitative estimate of drug-likeness (QED) is 0.326. The zero-order valence-corrected chi connectivity index (χ0v) is 12.1. The van der Waals surface area contributed by atoms with Gasteiger partial charge in [0.15, 0.2) is 0 Å². The van der Waals surface area contributed by atoms with E-state index in [0.29, 0.717) is 6.61 Å². The third-order valence-electron chi connectivity index (χ3n) is 2.78. The molecule has 0 radical (unpaired) electrons. The van der Waals surface area contributed by atoms with Gasteiger partial charge in [-0.05, 0) is 25.7 Å². The van der Waals surface area contributed by atoms with Crippen molar-refractivity contribution < 1.29 is 9.53 Å². The first-order valence-electron chi connectivity index (χ1n) is 7.36. The Morgan fingerprint density at radius 3 is 2.00 bits per heavy atom. The highest BCUT2D eigenvalue weighted by molar-refractivity contribution is 5.65. The van der Waals surface area contributed by atoms with E-state index in [1.165, 1.54) is 39.0 Å². The summed E-state index contributed by atoms with van der Waals surface area (Å²) in [7, 11) is 0. The third kappa shape index (κ3) is 15.0. The molecule has 104 valence electrons. The first kappa shape index (κ1) is 17.0. The monoisotopic (exact) mass is 252 g/mol. The minimum atomic E-state index is -0.183. The molecule has 0 rings (SSSR count). The Morgan fingerprint density at radius 1 is 0.889 bits per heavy atom. The van der Waals surface area contributed by atoms with E-state index in [-0.39, 0.29) is 5.97 Å². The van der Waals surface area contributed by atoms with Crippen LogP contribution in [-0.4, -0.2) is 12.6 Å². The lowest BCUT2D eigenvalue weighted by Crippen LogP contribution is -1.99. The molecule has 0 saturated carbocycles. The summed E-state index contributed by atoms with van der Waals surface area (Å²) in [5.41, 5.74) is 0. The second-order valence-electron chi connectivity index (χ2n) is 4.67. The molecular weight excluding hydrogens is 224 g/mol. The van der Waals surface area contributed by atoms with Gasteiger partial charge in [-0.2, -0.15) is 0 Å². The molecule has 0 amide bonds. The van der Waals surface area contributed by atoms with Crippen molar-refractivity contribution in [3.8, 4) is 11.8 Å². The fourth-order valence-electron chi connectivity index (χ4n) is 1.70. The van der Waals surface area contributed by atoms with Gasteiger partial charge in [0.2, 0.25) is 0 Å². The number of rotatable bonds is 10. The standard InChI is InChI=1S/C16H28O2/c1-3-4-5-6-7-8-9-10-11-12-13-14-15-18-16(2)17/h3-8,11-15H2,1-2H3. The van der Waals surface area contributed by atoms with E-state index < -0.39 is 0 Å². The second-order valence-corrected chi connectivity index (χ2v) is 4.67. The molecule has 0 aromatic rings. The molecule has 0 atom stereocenters. The van der Waals surface area contributed by atoms with Crippen LogP contribution in [0.15, 0.2) is 0 Å². The molecule has 0 unspecified atom stereocenters. The number of esters is 1. The predicted octanol–water partition coefficient (Wildman–Crippen LogP) is 4.47. The smallest absolute Gasteiger partial charge is 0.302 e. The van der Waals surface area contributed by atoms with Crippen LogP contribution in [0, 0.1) is 11.8 Å². The predicted molar refractivity (Wildman–Crippen MR) is 76.3 cm³/mol. The molecule has 0 spiro atoms. The van der Waals surface area contributed by atoms with Crippen molar-refractivity contribution in [1.29, 1.82) is 0 Å². The van der Waals surface area contributed by atoms with Crippen LogP contribution in [-0.2, 0) is 9.53 Å². The Morgan fingerprint density at radius 2 is 1.44 bits per heavy atom. The molecule has 0 N–H and O–H groups in total. The van der Waals surface area contributed by atoms with Crippen molar-refractivity contribution in [2.45, 2.75) is 78.1 Å². The second kappa shape index (κ2) is 14.1. The van der Waals surface area contributed by atoms with Crippen LogP contribution >= 0.6 is 0 Å². The summed E-state index contributed by atoms with van der Waals surface area (Å²) >= 11 is 0. The maximum atomic E-state index is 10.5. The van der Waals surface area contributed by atoms with Gasteiger partial charge in [0.25, 0.3) is 0 Å². The van der Waals surface area contributed by atoms with Gasteiger partial charge in [-0.25, -0.2) is 0 Å². The fourth-order valence-corrected chi connectivity index (χ4v) is 1.70. The average molecular weight is 252 g/mol. The molecule has 0 aliphatic rings. The summed E-state index contributed by atoms with van der Waals surface area (Å²) in [6.07, 6.45) is 11.8. The number of ether oxygens (including phenoxy) is 1. The SMILES string of the molecule is CCCCCCCC#CCCCCCOC(C)=O. The lowest BCUT2D eigenvalue weighted by molar-refractivity contribution is -0.141. The highest BCUT2D eigenvalue weighted by Crippen LogP contribution is 2.04. The largest absolute Gasteiger partial charge is 0.466 e. The Bertz CT molecular complexity index is 248. The van der Waals surface area contributed by atoms with E-state index in [0.717, 1.165) is 32.1 Å². The van der Waals surface area contributed by atoms with Crippen molar-refractivity contribution in [1.82, 2.24) is 0 Å². The zero-order chi connectivity index (χ0) is 13.5. The summed E-state index contributed by atoms with van der Waals surface area (Å²) in [5, 5.41) is 0. The minimum Gasteiger partial charge on any atom is -0.466 e. The summed E-state index contributed by atoms with van der Waals surface area (Å²) in [6.45, 7) is 4.24. The van der Waals surface area contributed by atoms with Crippen molar-refractivity contribution in [2.75, 3.05) is 6.61 Å². The summed E-state index contributed by atoms with van der Waals surface area (Å²) in [5.74, 6) is 6.27. The Kier molecular flexibility index (Phi) is 13.3. The van der Waals surface area contributed by atoms with Gasteiger partial charge < -0.3 is 4.74 Å². The molecule has 18 heavy (non-hydrogen) atoms. The summed E-state index contributed by atoms with van der Waals surface area (Å²) in [4.78, 5) is 10.5. The first-order chi connectivity index (χ1) is 8.77. The van der Waals surface area contributed by atoms with E-state index >= 15 is 0 Å². The number of hydrogen-bond donors (Lipinski definition) is 0. The van der Waals surface area contributed by atoms with E-state index in [4.69, 9.17) is 4.74 Å². The third-order valence-corrected chi connectivity index (χ3v) is 2.78. The molecular formula is C16H28O2. The van der Waals surface area contributed by atoms with Gasteiger partial charge in [-0.1, -0.05) is 32.6 Å². The van der Waals surface area contributed by atoms with Crippen LogP contribution in [0.2, 0.25) is 0 Å². The summed E-state index contributed by atoms with van der Waals surface area (Å²) < 4.78 is 4.86. The average Bonchev–Trinajstić information content (AvgIpc) is 2.34. The molecule has 0 aromatic carbocycles. The van der Waals surface area contributed by atoms with Gasteiger partial charge in [-0.3, -0.25) is 4.79 Å². The topological polar surface area (TPSA) is 26.3 Å². The normalized spacial score (nSPS) is 9.67. The van der Waals surface area contributed by atoms with E-state index in [1.54, 1.807) is 0 Å². The van der Waals surface area contributed by atoms with E-state index in [2.05, 4.69) is 18.8 Å². The maximum Gasteiger partial charge on any atom is 0.302 e. The van der Waals surface area contributed by atoms with Crippen LogP contribution in [0.3, 0.4) is 0 Å². The van der Waals surface area contributed by atoms with Crippen LogP contribution in [0.1, 0.15) is 78.1 Å². The Labute approximate surface area is 112 Å². The maximum absolute atomic E-state index is 10.5. The molecule has 0 heterocycles.